The quantitative estimate of drug-likeness (QED) is 0.726. The molecule has 0 aliphatic heterocycles. The summed E-state index contributed by atoms with van der Waals surface area (Å²) in [5, 5.41) is 5.95. The highest BCUT2D eigenvalue weighted by Crippen LogP contribution is 2.25. The number of carbonyl (C=O) groups is 1. The van der Waals surface area contributed by atoms with E-state index in [9.17, 15) is 4.79 Å². The van der Waals surface area contributed by atoms with Crippen LogP contribution in [0.2, 0.25) is 0 Å². The molecule has 132 valence electrons. The zero-order valence-electron chi connectivity index (χ0n) is 14.9. The van der Waals surface area contributed by atoms with Gasteiger partial charge in [0.25, 0.3) is 5.91 Å². The fraction of sp³-hybridized carbons (Fsp3) is 0.150. The molecule has 6 nitrogen and oxygen atoms in total. The van der Waals surface area contributed by atoms with Crippen LogP contribution in [-0.4, -0.2) is 23.0 Å². The molecule has 2 aromatic carbocycles. The van der Waals surface area contributed by atoms with Gasteiger partial charge in [-0.15, -0.1) is 0 Å². The molecule has 2 N–H and O–H groups in total. The predicted molar refractivity (Wildman–Crippen MR) is 102 cm³/mol. The number of hydrogen-bond donors (Lipinski definition) is 2. The Morgan fingerprint density at radius 3 is 2.50 bits per heavy atom. The van der Waals surface area contributed by atoms with E-state index in [1.807, 2.05) is 56.3 Å². The number of ether oxygens (including phenoxy) is 1. The summed E-state index contributed by atoms with van der Waals surface area (Å²) in [6.07, 6.45) is 2.95. The van der Waals surface area contributed by atoms with Crippen molar-refractivity contribution in [3.8, 4) is 5.75 Å². The highest BCUT2D eigenvalue weighted by Gasteiger charge is 2.10. The maximum atomic E-state index is 12.3. The molecule has 26 heavy (non-hydrogen) atoms. The van der Waals surface area contributed by atoms with Crippen LogP contribution in [0.1, 0.15) is 21.6 Å². The Bertz CT molecular complexity index is 923. The van der Waals surface area contributed by atoms with Gasteiger partial charge in [0, 0.05) is 5.69 Å². The van der Waals surface area contributed by atoms with Gasteiger partial charge in [-0.05, 0) is 49.2 Å². The van der Waals surface area contributed by atoms with Gasteiger partial charge in [0.05, 0.1) is 25.2 Å². The van der Waals surface area contributed by atoms with Gasteiger partial charge in [0.15, 0.2) is 0 Å². The van der Waals surface area contributed by atoms with E-state index >= 15 is 0 Å². The van der Waals surface area contributed by atoms with E-state index in [1.54, 1.807) is 7.11 Å². The average molecular weight is 348 g/mol. The zero-order chi connectivity index (χ0) is 18.5. The number of rotatable bonds is 5. The molecule has 0 unspecified atom stereocenters. The predicted octanol–water partition coefficient (Wildman–Crippen LogP) is 4.10. The van der Waals surface area contributed by atoms with Crippen molar-refractivity contribution in [3.05, 3.63) is 71.7 Å². The Labute approximate surface area is 152 Å². The first-order chi connectivity index (χ1) is 12.6. The number of carbonyl (C=O) groups excluding carboxylic acids is 1. The summed E-state index contributed by atoms with van der Waals surface area (Å²) in [6.45, 7) is 4.03. The highest BCUT2D eigenvalue weighted by molar-refractivity contribution is 6.02. The number of aromatic nitrogens is 2. The van der Waals surface area contributed by atoms with E-state index in [0.29, 0.717) is 11.6 Å². The van der Waals surface area contributed by atoms with Gasteiger partial charge in [-0.2, -0.15) is 0 Å². The molecule has 1 heterocycles. The summed E-state index contributed by atoms with van der Waals surface area (Å²) in [7, 11) is 1.60. The van der Waals surface area contributed by atoms with Crippen LogP contribution in [-0.2, 0) is 0 Å². The Balaban J connectivity index is 1.70. The standard InChI is InChI=1S/C20H20N4O2/c1-13-8-9-15(10-14(13)2)23-20(25)17-11-22-19(12-21-17)24-16-6-4-5-7-18(16)26-3/h4-12H,1-3H3,(H,22,24)(H,23,25). The summed E-state index contributed by atoms with van der Waals surface area (Å²) < 4.78 is 5.29. The molecule has 0 atom stereocenters. The van der Waals surface area contributed by atoms with Crippen LogP contribution >= 0.6 is 0 Å². The lowest BCUT2D eigenvalue weighted by molar-refractivity contribution is 0.102. The van der Waals surface area contributed by atoms with E-state index < -0.39 is 0 Å². The summed E-state index contributed by atoms with van der Waals surface area (Å²) in [5.41, 5.74) is 4.04. The molecule has 0 spiro atoms. The Morgan fingerprint density at radius 1 is 1.00 bits per heavy atom. The molecule has 0 bridgehead atoms. The van der Waals surface area contributed by atoms with Crippen LogP contribution in [0, 0.1) is 13.8 Å². The Kier molecular flexibility index (Phi) is 5.12. The first-order valence-electron chi connectivity index (χ1n) is 8.17. The molecule has 6 heteroatoms. The van der Waals surface area contributed by atoms with E-state index in [4.69, 9.17) is 4.74 Å². The molecule has 0 saturated heterocycles. The molecular weight excluding hydrogens is 328 g/mol. The zero-order valence-corrected chi connectivity index (χ0v) is 14.9. The number of hydrogen-bond acceptors (Lipinski definition) is 5. The van der Waals surface area contributed by atoms with Crippen molar-refractivity contribution in [1.29, 1.82) is 0 Å². The second-order valence-corrected chi connectivity index (χ2v) is 5.87. The minimum absolute atomic E-state index is 0.244. The maximum Gasteiger partial charge on any atom is 0.275 e. The minimum Gasteiger partial charge on any atom is -0.495 e. The van der Waals surface area contributed by atoms with Crippen LogP contribution in [0.3, 0.4) is 0 Å². The number of nitrogens with one attached hydrogen (secondary N) is 2. The van der Waals surface area contributed by atoms with E-state index in [2.05, 4.69) is 20.6 Å². The van der Waals surface area contributed by atoms with E-state index in [1.165, 1.54) is 18.0 Å². The summed E-state index contributed by atoms with van der Waals surface area (Å²) in [6, 6.07) is 13.3. The second-order valence-electron chi connectivity index (χ2n) is 5.87. The average Bonchev–Trinajstić information content (AvgIpc) is 2.66. The summed E-state index contributed by atoms with van der Waals surface area (Å²) >= 11 is 0. The van der Waals surface area contributed by atoms with E-state index in [-0.39, 0.29) is 11.6 Å². The molecule has 0 aliphatic carbocycles. The van der Waals surface area contributed by atoms with Crippen LogP contribution in [0.4, 0.5) is 17.2 Å². The van der Waals surface area contributed by atoms with Crippen LogP contribution in [0.15, 0.2) is 54.9 Å². The first-order valence-corrected chi connectivity index (χ1v) is 8.17. The van der Waals surface area contributed by atoms with Crippen molar-refractivity contribution in [1.82, 2.24) is 9.97 Å². The van der Waals surface area contributed by atoms with Crippen molar-refractivity contribution in [2.45, 2.75) is 13.8 Å². The van der Waals surface area contributed by atoms with Crippen LogP contribution in [0.25, 0.3) is 0 Å². The normalized spacial score (nSPS) is 10.3. The summed E-state index contributed by atoms with van der Waals surface area (Å²) in [4.78, 5) is 20.8. The monoisotopic (exact) mass is 348 g/mol. The van der Waals surface area contributed by atoms with Gasteiger partial charge >= 0.3 is 0 Å². The van der Waals surface area contributed by atoms with Crippen LogP contribution in [0.5, 0.6) is 5.75 Å². The van der Waals surface area contributed by atoms with Gasteiger partial charge < -0.3 is 15.4 Å². The number of anilines is 3. The van der Waals surface area contributed by atoms with Crippen molar-refractivity contribution < 1.29 is 9.53 Å². The Hall–Kier alpha value is -3.41. The number of methoxy groups -OCH3 is 1. The molecule has 3 aromatic rings. The molecule has 0 fully saturated rings. The number of aryl methyl sites for hydroxylation is 2. The topological polar surface area (TPSA) is 76.1 Å². The van der Waals surface area contributed by atoms with Gasteiger partial charge in [-0.25, -0.2) is 9.97 Å². The van der Waals surface area contributed by atoms with Gasteiger partial charge in [0.1, 0.15) is 17.3 Å². The molecular formula is C20H20N4O2. The SMILES string of the molecule is COc1ccccc1Nc1cnc(C(=O)Nc2ccc(C)c(C)c2)cn1. The minimum atomic E-state index is -0.301. The Morgan fingerprint density at radius 2 is 1.81 bits per heavy atom. The van der Waals surface area contributed by atoms with Crippen molar-refractivity contribution in [2.24, 2.45) is 0 Å². The molecule has 0 radical (unpaired) electrons. The van der Waals surface area contributed by atoms with Gasteiger partial charge in [-0.1, -0.05) is 18.2 Å². The van der Waals surface area contributed by atoms with Gasteiger partial charge in [-0.3, -0.25) is 4.79 Å². The second kappa shape index (κ2) is 7.65. The third kappa shape index (κ3) is 3.97. The van der Waals surface area contributed by atoms with Crippen molar-refractivity contribution in [2.75, 3.05) is 17.7 Å². The maximum absolute atomic E-state index is 12.3. The van der Waals surface area contributed by atoms with Gasteiger partial charge in [0.2, 0.25) is 0 Å². The van der Waals surface area contributed by atoms with Crippen molar-refractivity contribution >= 4 is 23.1 Å². The molecule has 1 amide bonds. The molecule has 1 aromatic heterocycles. The van der Waals surface area contributed by atoms with Crippen molar-refractivity contribution in [3.63, 3.8) is 0 Å². The lowest BCUT2D eigenvalue weighted by Gasteiger charge is -2.10. The molecule has 3 rings (SSSR count). The van der Waals surface area contributed by atoms with E-state index in [0.717, 1.165) is 16.9 Å². The largest absolute Gasteiger partial charge is 0.495 e. The third-order valence-electron chi connectivity index (χ3n) is 4.02. The lowest BCUT2D eigenvalue weighted by Crippen LogP contribution is -2.14. The highest BCUT2D eigenvalue weighted by atomic mass is 16.5. The molecule has 0 saturated carbocycles. The molecule has 0 aliphatic rings. The number of amides is 1. The summed E-state index contributed by atoms with van der Waals surface area (Å²) in [5.74, 6) is 0.924. The number of benzene rings is 2. The number of nitrogens with zero attached hydrogens (tertiary/aromatic N) is 2. The van der Waals surface area contributed by atoms with Crippen LogP contribution < -0.4 is 15.4 Å². The lowest BCUT2D eigenvalue weighted by atomic mass is 10.1. The smallest absolute Gasteiger partial charge is 0.275 e. The number of para-hydroxylation sites is 2. The fourth-order valence-electron chi connectivity index (χ4n) is 2.41. The fourth-order valence-corrected chi connectivity index (χ4v) is 2.41. The first kappa shape index (κ1) is 17.4. The third-order valence-corrected chi connectivity index (χ3v) is 4.02.